The number of rotatable bonds is 1. The number of nitrogens with one attached hydrogen (secondary N) is 1. The summed E-state index contributed by atoms with van der Waals surface area (Å²) in [5.74, 6) is 1.06. The van der Waals surface area contributed by atoms with Crippen LogP contribution in [0.1, 0.15) is 35.1 Å². The van der Waals surface area contributed by atoms with Crippen molar-refractivity contribution in [3.8, 4) is 0 Å². The Morgan fingerprint density at radius 1 is 1.14 bits per heavy atom. The van der Waals surface area contributed by atoms with Crippen molar-refractivity contribution < 1.29 is 0 Å². The van der Waals surface area contributed by atoms with Gasteiger partial charge in [0.15, 0.2) is 0 Å². The molecular weight excluding hydrogens is 358 g/mol. The van der Waals surface area contributed by atoms with E-state index in [9.17, 15) is 0 Å². The SMILES string of the molecule is Cc1c(Cl)ccc2c1N[C@H](c1ccc(Br)cc1)[C@H]1CC=C[C@@H]21. The van der Waals surface area contributed by atoms with Gasteiger partial charge in [-0.15, -0.1) is 0 Å². The summed E-state index contributed by atoms with van der Waals surface area (Å²) in [6.07, 6.45) is 5.81. The lowest BCUT2D eigenvalue weighted by Gasteiger charge is -2.38. The van der Waals surface area contributed by atoms with Gasteiger partial charge >= 0.3 is 0 Å². The third kappa shape index (κ3) is 2.21. The lowest BCUT2D eigenvalue weighted by atomic mass is 9.76. The molecule has 3 atom stereocenters. The molecule has 0 aromatic heterocycles. The second-order valence-corrected chi connectivity index (χ2v) is 7.49. The van der Waals surface area contributed by atoms with Crippen molar-refractivity contribution in [1.82, 2.24) is 0 Å². The highest BCUT2D eigenvalue weighted by atomic mass is 79.9. The van der Waals surface area contributed by atoms with Crippen LogP contribution in [0.25, 0.3) is 0 Å². The van der Waals surface area contributed by atoms with Crippen molar-refractivity contribution in [2.75, 3.05) is 5.32 Å². The Morgan fingerprint density at radius 3 is 2.68 bits per heavy atom. The monoisotopic (exact) mass is 373 g/mol. The van der Waals surface area contributed by atoms with Crippen LogP contribution in [-0.4, -0.2) is 0 Å². The second-order valence-electron chi connectivity index (χ2n) is 6.16. The number of benzene rings is 2. The molecule has 0 saturated carbocycles. The van der Waals surface area contributed by atoms with Crippen LogP contribution in [0.5, 0.6) is 0 Å². The van der Waals surface area contributed by atoms with Gasteiger partial charge in [-0.05, 0) is 54.2 Å². The number of anilines is 1. The Labute approximate surface area is 144 Å². The largest absolute Gasteiger partial charge is 0.377 e. The van der Waals surface area contributed by atoms with Crippen LogP contribution >= 0.6 is 27.5 Å². The van der Waals surface area contributed by atoms with E-state index in [0.717, 1.165) is 21.5 Å². The predicted molar refractivity (Wildman–Crippen MR) is 96.7 cm³/mol. The minimum absolute atomic E-state index is 0.331. The number of hydrogen-bond donors (Lipinski definition) is 1. The van der Waals surface area contributed by atoms with Gasteiger partial charge in [0.2, 0.25) is 0 Å². The summed E-state index contributed by atoms with van der Waals surface area (Å²) in [7, 11) is 0. The molecule has 1 nitrogen and oxygen atoms in total. The number of halogens is 2. The van der Waals surface area contributed by atoms with E-state index >= 15 is 0 Å². The number of hydrogen-bond acceptors (Lipinski definition) is 1. The molecule has 3 heteroatoms. The fraction of sp³-hybridized carbons (Fsp3) is 0.263. The van der Waals surface area contributed by atoms with Gasteiger partial charge in [0.1, 0.15) is 0 Å². The van der Waals surface area contributed by atoms with Gasteiger partial charge in [0.25, 0.3) is 0 Å². The third-order valence-corrected chi connectivity index (χ3v) is 5.90. The van der Waals surface area contributed by atoms with Gasteiger partial charge in [-0.25, -0.2) is 0 Å². The van der Waals surface area contributed by atoms with E-state index in [1.807, 2.05) is 6.07 Å². The second kappa shape index (κ2) is 5.43. The normalized spacial score (nSPS) is 25.5. The first-order chi connectivity index (χ1) is 10.6. The smallest absolute Gasteiger partial charge is 0.0554 e. The molecule has 2 aromatic carbocycles. The van der Waals surface area contributed by atoms with Crippen LogP contribution in [0.3, 0.4) is 0 Å². The molecule has 1 N–H and O–H groups in total. The maximum absolute atomic E-state index is 6.34. The molecule has 1 aliphatic carbocycles. The lowest BCUT2D eigenvalue weighted by Crippen LogP contribution is -2.29. The molecule has 4 rings (SSSR count). The average molecular weight is 375 g/mol. The summed E-state index contributed by atoms with van der Waals surface area (Å²) in [6.45, 7) is 2.10. The van der Waals surface area contributed by atoms with Crippen LogP contribution < -0.4 is 5.32 Å². The Morgan fingerprint density at radius 2 is 1.91 bits per heavy atom. The predicted octanol–water partition coefficient (Wildman–Crippen LogP) is 6.24. The summed E-state index contributed by atoms with van der Waals surface area (Å²) in [6, 6.07) is 13.2. The van der Waals surface area contributed by atoms with E-state index < -0.39 is 0 Å². The Hall–Kier alpha value is -1.25. The molecule has 2 aromatic rings. The zero-order chi connectivity index (χ0) is 15.3. The Kier molecular flexibility index (Phi) is 3.54. The molecule has 112 valence electrons. The average Bonchev–Trinajstić information content (AvgIpc) is 3.01. The first kappa shape index (κ1) is 14.3. The van der Waals surface area contributed by atoms with Crippen molar-refractivity contribution >= 4 is 33.2 Å². The first-order valence-corrected chi connectivity index (χ1v) is 8.80. The fourth-order valence-electron chi connectivity index (χ4n) is 3.79. The first-order valence-electron chi connectivity index (χ1n) is 7.63. The minimum Gasteiger partial charge on any atom is -0.377 e. The summed E-state index contributed by atoms with van der Waals surface area (Å²) in [5.41, 5.74) is 5.09. The van der Waals surface area contributed by atoms with Crippen molar-refractivity contribution in [1.29, 1.82) is 0 Å². The van der Waals surface area contributed by atoms with E-state index in [0.29, 0.717) is 17.9 Å². The highest BCUT2D eigenvalue weighted by molar-refractivity contribution is 9.10. The molecular formula is C19H17BrClN. The third-order valence-electron chi connectivity index (χ3n) is 4.96. The van der Waals surface area contributed by atoms with Gasteiger partial charge < -0.3 is 5.32 Å². The molecule has 0 saturated heterocycles. The topological polar surface area (TPSA) is 12.0 Å². The van der Waals surface area contributed by atoms with Gasteiger partial charge in [-0.2, -0.15) is 0 Å². The van der Waals surface area contributed by atoms with E-state index in [2.05, 4.69) is 70.7 Å². The Balaban J connectivity index is 1.82. The molecule has 0 unspecified atom stereocenters. The van der Waals surface area contributed by atoms with Gasteiger partial charge in [0.05, 0.1) is 6.04 Å². The van der Waals surface area contributed by atoms with E-state index in [-0.39, 0.29) is 0 Å². The number of fused-ring (bicyclic) bond motifs is 3. The van der Waals surface area contributed by atoms with Gasteiger partial charge in [0, 0.05) is 21.1 Å². The fourth-order valence-corrected chi connectivity index (χ4v) is 4.21. The molecule has 1 heterocycles. The molecule has 0 radical (unpaired) electrons. The summed E-state index contributed by atoms with van der Waals surface area (Å²) in [4.78, 5) is 0. The highest BCUT2D eigenvalue weighted by Crippen LogP contribution is 2.51. The quantitative estimate of drug-likeness (QED) is 0.583. The standard InChI is InChI=1S/C19H17BrClN/c1-11-17(21)10-9-16-14-3-2-4-15(14)19(22-18(11)16)12-5-7-13(20)8-6-12/h2-3,5-10,14-15,19,22H,4H2,1H3/t14-,15+,19-/m1/s1. The molecule has 2 aliphatic rings. The maximum atomic E-state index is 6.34. The molecule has 0 amide bonds. The van der Waals surface area contributed by atoms with Crippen LogP contribution in [0.4, 0.5) is 5.69 Å². The molecule has 0 spiro atoms. The van der Waals surface area contributed by atoms with Crippen LogP contribution in [0, 0.1) is 12.8 Å². The Bertz CT molecular complexity index is 751. The van der Waals surface area contributed by atoms with Crippen LogP contribution in [0.2, 0.25) is 5.02 Å². The summed E-state index contributed by atoms with van der Waals surface area (Å²) >= 11 is 9.86. The van der Waals surface area contributed by atoms with E-state index in [1.54, 1.807) is 0 Å². The zero-order valence-electron chi connectivity index (χ0n) is 12.3. The van der Waals surface area contributed by atoms with Crippen LogP contribution in [0.15, 0.2) is 53.0 Å². The highest BCUT2D eigenvalue weighted by Gasteiger charge is 2.38. The maximum Gasteiger partial charge on any atom is 0.0554 e. The molecule has 0 fully saturated rings. The van der Waals surface area contributed by atoms with Crippen molar-refractivity contribution in [3.63, 3.8) is 0 Å². The molecule has 22 heavy (non-hydrogen) atoms. The van der Waals surface area contributed by atoms with Gasteiger partial charge in [-0.3, -0.25) is 0 Å². The van der Waals surface area contributed by atoms with Crippen molar-refractivity contribution in [3.05, 3.63) is 74.7 Å². The molecule has 0 bridgehead atoms. The van der Waals surface area contributed by atoms with Gasteiger partial charge in [-0.1, -0.05) is 57.9 Å². The minimum atomic E-state index is 0.331. The number of allylic oxidation sites excluding steroid dienone is 2. The molecule has 1 aliphatic heterocycles. The summed E-state index contributed by atoms with van der Waals surface area (Å²) in [5, 5.41) is 4.61. The van der Waals surface area contributed by atoms with E-state index in [4.69, 9.17) is 11.6 Å². The zero-order valence-corrected chi connectivity index (χ0v) is 14.7. The van der Waals surface area contributed by atoms with E-state index in [1.165, 1.54) is 16.8 Å². The van der Waals surface area contributed by atoms with Crippen molar-refractivity contribution in [2.24, 2.45) is 5.92 Å². The van der Waals surface area contributed by atoms with Crippen molar-refractivity contribution in [2.45, 2.75) is 25.3 Å². The summed E-state index contributed by atoms with van der Waals surface area (Å²) < 4.78 is 1.12. The van der Waals surface area contributed by atoms with Crippen LogP contribution in [-0.2, 0) is 0 Å². The lowest BCUT2D eigenvalue weighted by molar-refractivity contribution is 0.425.